The maximum atomic E-state index is 12.9. The number of hydrazone groups is 1. The highest BCUT2D eigenvalue weighted by molar-refractivity contribution is 6.33. The third kappa shape index (κ3) is 6.66. The molecule has 0 saturated heterocycles. The van der Waals surface area contributed by atoms with Crippen LogP contribution < -0.4 is 11.1 Å². The third-order valence-corrected chi connectivity index (χ3v) is 5.20. The molecular weight excluding hydrogens is 405 g/mol. The fraction of sp³-hybridized carbons (Fsp3) is 0.500. The van der Waals surface area contributed by atoms with Crippen molar-refractivity contribution in [3.8, 4) is 0 Å². The summed E-state index contributed by atoms with van der Waals surface area (Å²) in [6, 6.07) is 2.65. The Morgan fingerprint density at radius 2 is 1.93 bits per heavy atom. The lowest BCUT2D eigenvalue weighted by molar-refractivity contribution is -0.137. The highest BCUT2D eigenvalue weighted by atomic mass is 35.5. The number of benzene rings is 1. The number of halogens is 4. The number of amides is 1. The molecule has 160 valence electrons. The van der Waals surface area contributed by atoms with Crippen molar-refractivity contribution in [2.75, 3.05) is 6.54 Å². The molecule has 29 heavy (non-hydrogen) atoms. The molecule has 0 aromatic heterocycles. The van der Waals surface area contributed by atoms with E-state index in [0.29, 0.717) is 18.3 Å². The minimum atomic E-state index is -4.53. The molecule has 0 aliphatic heterocycles. The van der Waals surface area contributed by atoms with Crippen molar-refractivity contribution in [1.29, 1.82) is 0 Å². The van der Waals surface area contributed by atoms with Crippen molar-refractivity contribution >= 4 is 23.3 Å². The van der Waals surface area contributed by atoms with Crippen LogP contribution in [0.5, 0.6) is 0 Å². The molecule has 1 aliphatic rings. The maximum absolute atomic E-state index is 12.9. The van der Waals surface area contributed by atoms with Crippen LogP contribution in [0.4, 0.5) is 13.2 Å². The van der Waals surface area contributed by atoms with Crippen LogP contribution in [0.2, 0.25) is 5.02 Å². The van der Waals surface area contributed by atoms with Crippen LogP contribution in [0.1, 0.15) is 55.5 Å². The van der Waals surface area contributed by atoms with Gasteiger partial charge in [-0.1, -0.05) is 18.2 Å². The van der Waals surface area contributed by atoms with Crippen molar-refractivity contribution in [1.82, 2.24) is 10.3 Å². The Kier molecular flexibility index (Phi) is 7.57. The SMILES string of the molecule is C=C(C)N(CC1CCC(NC(=O)c2cc(C(F)(F)F)ccc2Cl)CC1)/N=C(/C)N. The van der Waals surface area contributed by atoms with E-state index in [-0.39, 0.29) is 16.6 Å². The normalized spacial score (nSPS) is 20.3. The predicted octanol–water partition coefficient (Wildman–Crippen LogP) is 4.78. The van der Waals surface area contributed by atoms with Gasteiger partial charge in [-0.05, 0) is 63.6 Å². The first-order chi connectivity index (χ1) is 13.5. The number of nitrogens with zero attached hydrogens (tertiary/aromatic N) is 2. The molecule has 2 rings (SSSR count). The zero-order valence-electron chi connectivity index (χ0n) is 16.5. The first-order valence-corrected chi connectivity index (χ1v) is 9.76. The zero-order valence-corrected chi connectivity index (χ0v) is 17.3. The van der Waals surface area contributed by atoms with Crippen LogP contribution in [-0.2, 0) is 6.18 Å². The standard InChI is InChI=1S/C20H26ClF3N4O/c1-12(2)28(27-13(3)25)11-14-4-7-16(8-5-14)26-19(29)17-10-15(20(22,23)24)6-9-18(17)21/h6,9-10,14,16H,1,4-5,7-8,11H2,2-3H3,(H2,25,27)(H,26,29). The maximum Gasteiger partial charge on any atom is 0.416 e. The fourth-order valence-corrected chi connectivity index (χ4v) is 3.55. The van der Waals surface area contributed by atoms with Gasteiger partial charge in [0.2, 0.25) is 0 Å². The third-order valence-electron chi connectivity index (χ3n) is 4.87. The molecule has 0 bridgehead atoms. The molecule has 0 spiro atoms. The Morgan fingerprint density at radius 3 is 2.45 bits per heavy atom. The number of carbonyl (C=O) groups is 1. The van der Waals surface area contributed by atoms with Gasteiger partial charge >= 0.3 is 6.18 Å². The lowest BCUT2D eigenvalue weighted by Gasteiger charge is -2.32. The number of nitrogens with one attached hydrogen (secondary N) is 1. The van der Waals surface area contributed by atoms with Crippen molar-refractivity contribution in [3.63, 3.8) is 0 Å². The van der Waals surface area contributed by atoms with E-state index in [1.165, 1.54) is 0 Å². The molecule has 1 aromatic rings. The van der Waals surface area contributed by atoms with E-state index in [4.69, 9.17) is 17.3 Å². The predicted molar refractivity (Wildman–Crippen MR) is 108 cm³/mol. The number of hydrogen-bond acceptors (Lipinski definition) is 3. The van der Waals surface area contributed by atoms with Gasteiger partial charge in [0, 0.05) is 18.3 Å². The first kappa shape index (κ1) is 23.1. The summed E-state index contributed by atoms with van der Waals surface area (Å²) >= 11 is 5.95. The molecule has 0 heterocycles. The average Bonchev–Trinajstić information content (AvgIpc) is 2.61. The summed E-state index contributed by atoms with van der Waals surface area (Å²) in [5, 5.41) is 8.86. The zero-order chi connectivity index (χ0) is 21.8. The van der Waals surface area contributed by atoms with Crippen LogP contribution in [0.3, 0.4) is 0 Å². The van der Waals surface area contributed by atoms with Crippen molar-refractivity contribution in [2.24, 2.45) is 16.8 Å². The summed E-state index contributed by atoms with van der Waals surface area (Å²) in [7, 11) is 0. The number of alkyl halides is 3. The Labute approximate surface area is 173 Å². The van der Waals surface area contributed by atoms with Crippen LogP contribution in [0.15, 0.2) is 35.6 Å². The first-order valence-electron chi connectivity index (χ1n) is 9.38. The molecule has 0 radical (unpaired) electrons. The minimum absolute atomic E-state index is 0.00342. The molecule has 3 N–H and O–H groups in total. The summed E-state index contributed by atoms with van der Waals surface area (Å²) < 4.78 is 38.7. The van der Waals surface area contributed by atoms with Gasteiger partial charge in [-0.2, -0.15) is 18.3 Å². The monoisotopic (exact) mass is 430 g/mol. The van der Waals surface area contributed by atoms with Gasteiger partial charge in [0.25, 0.3) is 5.91 Å². The Balaban J connectivity index is 1.95. The molecule has 1 fully saturated rings. The molecule has 5 nitrogen and oxygen atoms in total. The Morgan fingerprint density at radius 1 is 1.31 bits per heavy atom. The van der Waals surface area contributed by atoms with Gasteiger partial charge in [0.15, 0.2) is 0 Å². The van der Waals surface area contributed by atoms with Crippen molar-refractivity contribution in [3.05, 3.63) is 46.6 Å². The van der Waals surface area contributed by atoms with Crippen LogP contribution in [0.25, 0.3) is 0 Å². The van der Waals surface area contributed by atoms with Gasteiger partial charge in [-0.15, -0.1) is 0 Å². The van der Waals surface area contributed by atoms with Gasteiger partial charge < -0.3 is 11.1 Å². The topological polar surface area (TPSA) is 70.7 Å². The molecule has 9 heteroatoms. The Bertz CT molecular complexity index is 782. The number of rotatable bonds is 6. The van der Waals surface area contributed by atoms with E-state index in [2.05, 4.69) is 17.0 Å². The van der Waals surface area contributed by atoms with E-state index in [0.717, 1.165) is 49.6 Å². The van der Waals surface area contributed by atoms with Crippen LogP contribution >= 0.6 is 11.6 Å². The number of allylic oxidation sites excluding steroid dienone is 1. The van der Waals surface area contributed by atoms with Gasteiger partial charge in [0.05, 0.1) is 16.1 Å². The summed E-state index contributed by atoms with van der Waals surface area (Å²) in [5.41, 5.74) is 5.39. The summed E-state index contributed by atoms with van der Waals surface area (Å²) in [5.74, 6) is 0.225. The second-order valence-electron chi connectivity index (χ2n) is 7.44. The number of amidine groups is 1. The summed E-state index contributed by atoms with van der Waals surface area (Å²) in [6.45, 7) is 8.16. The largest absolute Gasteiger partial charge is 0.416 e. The van der Waals surface area contributed by atoms with E-state index in [1.807, 2.05) is 6.92 Å². The lowest BCUT2D eigenvalue weighted by atomic mass is 9.85. The van der Waals surface area contributed by atoms with E-state index in [1.54, 1.807) is 11.9 Å². The molecule has 0 unspecified atom stereocenters. The van der Waals surface area contributed by atoms with Gasteiger partial charge in [0.1, 0.15) is 5.84 Å². The summed E-state index contributed by atoms with van der Waals surface area (Å²) in [4.78, 5) is 12.5. The van der Waals surface area contributed by atoms with E-state index in [9.17, 15) is 18.0 Å². The van der Waals surface area contributed by atoms with Crippen molar-refractivity contribution < 1.29 is 18.0 Å². The molecule has 0 atom stereocenters. The minimum Gasteiger partial charge on any atom is -0.386 e. The van der Waals surface area contributed by atoms with Crippen LogP contribution in [-0.4, -0.2) is 29.3 Å². The highest BCUT2D eigenvalue weighted by Crippen LogP contribution is 2.32. The number of nitrogens with two attached hydrogens (primary N) is 1. The summed E-state index contributed by atoms with van der Waals surface area (Å²) in [6.07, 6.45) is -1.38. The number of hydrogen-bond donors (Lipinski definition) is 2. The molecule has 1 aliphatic carbocycles. The number of carbonyl (C=O) groups excluding carboxylic acids is 1. The Hall–Kier alpha value is -2.22. The average molecular weight is 431 g/mol. The van der Waals surface area contributed by atoms with Crippen molar-refractivity contribution in [2.45, 2.75) is 51.7 Å². The van der Waals surface area contributed by atoms with E-state index < -0.39 is 17.6 Å². The highest BCUT2D eigenvalue weighted by Gasteiger charge is 2.32. The molecule has 1 saturated carbocycles. The second kappa shape index (κ2) is 9.52. The second-order valence-corrected chi connectivity index (χ2v) is 7.85. The van der Waals surface area contributed by atoms with E-state index >= 15 is 0 Å². The quantitative estimate of drug-likeness (QED) is 0.388. The van der Waals surface area contributed by atoms with Gasteiger partial charge in [-0.25, -0.2) is 0 Å². The molecule has 1 amide bonds. The van der Waals surface area contributed by atoms with Crippen LogP contribution in [0, 0.1) is 5.92 Å². The smallest absolute Gasteiger partial charge is 0.386 e. The van der Waals surface area contributed by atoms with Gasteiger partial charge in [-0.3, -0.25) is 9.80 Å². The molecule has 1 aromatic carbocycles. The lowest BCUT2D eigenvalue weighted by Crippen LogP contribution is -2.39. The fourth-order valence-electron chi connectivity index (χ4n) is 3.35. The molecular formula is C20H26ClF3N4O.